The van der Waals surface area contributed by atoms with Gasteiger partial charge in [0.05, 0.1) is 56.9 Å². The van der Waals surface area contributed by atoms with Crippen LogP contribution in [0.1, 0.15) is 107 Å². The first-order valence-corrected chi connectivity index (χ1v) is 31.6. The van der Waals surface area contributed by atoms with Crippen LogP contribution in [0.2, 0.25) is 0 Å². The van der Waals surface area contributed by atoms with E-state index in [9.17, 15) is 97.0 Å². The van der Waals surface area contributed by atoms with E-state index in [0.29, 0.717) is 32.1 Å². The van der Waals surface area contributed by atoms with Crippen molar-refractivity contribution in [2.75, 3.05) is 33.0 Å². The van der Waals surface area contributed by atoms with Crippen molar-refractivity contribution < 1.29 is 144 Å². The van der Waals surface area contributed by atoms with Crippen LogP contribution in [0.25, 0.3) is 0 Å². The van der Waals surface area contributed by atoms with E-state index in [1.54, 1.807) is 0 Å². The van der Waals surface area contributed by atoms with E-state index in [-0.39, 0.29) is 35.5 Å². The number of aliphatic hydroxyl groups is 19. The lowest BCUT2D eigenvalue weighted by atomic mass is 9.38. The molecule has 0 bridgehead atoms. The molecule has 516 valence electrons. The van der Waals surface area contributed by atoms with Gasteiger partial charge >= 0.3 is 0 Å². The zero-order valence-electron chi connectivity index (χ0n) is 51.8. The third kappa shape index (κ3) is 13.0. The van der Waals surface area contributed by atoms with Crippen LogP contribution in [-0.2, 0) is 47.4 Å². The van der Waals surface area contributed by atoms with Gasteiger partial charge in [-0.3, -0.25) is 0 Å². The normalized spacial score (nSPS) is 51.8. The average Bonchev–Trinajstić information content (AvgIpc) is 1.66. The van der Waals surface area contributed by atoms with Crippen LogP contribution >= 0.6 is 0 Å². The second-order valence-electron chi connectivity index (χ2n) is 28.7. The Morgan fingerprint density at radius 2 is 0.989 bits per heavy atom. The van der Waals surface area contributed by atoms with Gasteiger partial charge in [0, 0.05) is 10.8 Å². The van der Waals surface area contributed by atoms with Gasteiger partial charge in [-0.1, -0.05) is 53.2 Å². The van der Waals surface area contributed by atoms with Gasteiger partial charge < -0.3 is 144 Å². The van der Waals surface area contributed by atoms with Crippen LogP contribution in [0.15, 0.2) is 11.6 Å². The van der Waals surface area contributed by atoms with E-state index in [0.717, 1.165) is 18.4 Å². The van der Waals surface area contributed by atoms with E-state index in [2.05, 4.69) is 33.8 Å². The Bertz CT molecular complexity index is 2340. The maximum Gasteiger partial charge on any atom is 0.187 e. The van der Waals surface area contributed by atoms with Crippen LogP contribution in [-0.4, -0.2) is 308 Å². The standard InChI is InChI=1S/C60H102O29/c1-23(9-13-35(57(4,5)79)87-55-50(89-53-47(77)43(73)38(68)29(20-63)83-53)44(74)39(69)31(85-55)22-80-51-45(75)41(71)36(66)27(18-61)81-51)24-15-16-58(6)32-12-10-25-26(60(32,8)33(65)17-59(24,58)7)11-14-34(56(25,2)3)86-54-48(78)49(40(70)30(21-64)84-54)88-52-46(76)42(72)37(67)28(19-62)82-52/h10,23-24,26-55,61-79H,9,11-22H2,1-8H3/t23-,24?,26?,27-,28-,29+,30-,31-,32?,33-,34+,35-,36-,37-,38+,39-,40-,41+,42+,43-,44+,45-,46-,47+,48-,49+,50-,51-,52+,53-,54+,55+,58+,59-,60+/m1/s1. The van der Waals surface area contributed by atoms with Gasteiger partial charge in [0.15, 0.2) is 31.5 Å². The summed E-state index contributed by atoms with van der Waals surface area (Å²) >= 11 is 0. The van der Waals surface area contributed by atoms with E-state index < -0.39 is 227 Å². The monoisotopic (exact) mass is 1290 g/mol. The molecule has 0 spiro atoms. The van der Waals surface area contributed by atoms with Crippen LogP contribution in [0.5, 0.6) is 0 Å². The highest BCUT2D eigenvalue weighted by Gasteiger charge is 2.71. The van der Waals surface area contributed by atoms with Crippen LogP contribution in [0.4, 0.5) is 0 Å². The smallest absolute Gasteiger partial charge is 0.187 e. The summed E-state index contributed by atoms with van der Waals surface area (Å²) in [5.74, 6) is -0.0469. The second kappa shape index (κ2) is 27.6. The fourth-order valence-corrected chi connectivity index (χ4v) is 17.1. The molecule has 0 aromatic heterocycles. The number of fused-ring (bicyclic) bond motifs is 5. The van der Waals surface area contributed by atoms with Gasteiger partial charge in [-0.15, -0.1) is 0 Å². The summed E-state index contributed by atoms with van der Waals surface area (Å²) in [7, 11) is 0. The molecule has 89 heavy (non-hydrogen) atoms. The van der Waals surface area contributed by atoms with Gasteiger partial charge in [-0.2, -0.15) is 0 Å². The van der Waals surface area contributed by atoms with E-state index in [1.807, 2.05) is 13.8 Å². The molecule has 3 unspecified atom stereocenters. The lowest BCUT2D eigenvalue weighted by molar-refractivity contribution is -0.380. The van der Waals surface area contributed by atoms with Crippen molar-refractivity contribution in [3.8, 4) is 0 Å². The summed E-state index contributed by atoms with van der Waals surface area (Å²) in [6, 6.07) is 0. The maximum atomic E-state index is 12.9. The minimum absolute atomic E-state index is 0.0227. The van der Waals surface area contributed by atoms with Gasteiger partial charge in [-0.05, 0) is 99.7 Å². The van der Waals surface area contributed by atoms with Gasteiger partial charge in [0.25, 0.3) is 0 Å². The molecule has 29 nitrogen and oxygen atoms in total. The zero-order chi connectivity index (χ0) is 65.5. The third-order valence-electron chi connectivity index (χ3n) is 22.9. The van der Waals surface area contributed by atoms with Crippen LogP contribution in [0.3, 0.4) is 0 Å². The van der Waals surface area contributed by atoms with Crippen molar-refractivity contribution in [1.82, 2.24) is 0 Å². The number of aliphatic hydroxyl groups excluding tert-OH is 18. The molecule has 8 fully saturated rings. The molecule has 0 radical (unpaired) electrons. The summed E-state index contributed by atoms with van der Waals surface area (Å²) in [6.45, 7) is 12.3. The van der Waals surface area contributed by atoms with Gasteiger partial charge in [0.2, 0.25) is 0 Å². The minimum Gasteiger partial charge on any atom is -0.394 e. The van der Waals surface area contributed by atoms with Crippen molar-refractivity contribution in [3.05, 3.63) is 11.6 Å². The Labute approximate surface area is 517 Å². The number of ether oxygens (including phenoxy) is 10. The molecule has 4 aliphatic carbocycles. The van der Waals surface area contributed by atoms with Crippen LogP contribution < -0.4 is 0 Å². The molecule has 0 amide bonds. The summed E-state index contributed by atoms with van der Waals surface area (Å²) in [5, 5.41) is 206. The van der Waals surface area contributed by atoms with E-state index in [4.69, 9.17) is 47.4 Å². The van der Waals surface area contributed by atoms with E-state index >= 15 is 0 Å². The largest absolute Gasteiger partial charge is 0.394 e. The summed E-state index contributed by atoms with van der Waals surface area (Å²) in [5.41, 5.74) is -2.54. The SMILES string of the molecule is C[C@H](CC[C@@H](O[C@@H]1O[C@H](CO[C@@H]2O[C@H](CO)[C@@H](O)[C@H](O)[C@H]2O)[C@@H](O)[C@H](O)[C@H]1O[C@H]1O[C@@H](CO)[C@H](O)[C@@H](O)[C@@H]1O)C(C)(C)O)C1CC[C@@]2(C)C3CC=C4C(CC[C@H](O[C@@H]5O[C@H](CO)[C@@H](O)[C@H](O[C@@H]6O[C@H](CO)[C@@H](O)[C@H](O)[C@H]6O)[C@H]5O)C4(C)C)[C@]3(C)[C@H](O)C[C@]12C. The second-order valence-corrected chi connectivity index (χ2v) is 28.7. The average molecular weight is 1290 g/mol. The van der Waals surface area contributed by atoms with Crippen LogP contribution in [0, 0.1) is 45.3 Å². The molecular formula is C60H102O29. The molecule has 0 aromatic carbocycles. The zero-order valence-corrected chi connectivity index (χ0v) is 51.8. The summed E-state index contributed by atoms with van der Waals surface area (Å²) in [4.78, 5) is 0. The van der Waals surface area contributed by atoms with Crippen molar-refractivity contribution in [1.29, 1.82) is 0 Å². The fraction of sp³-hybridized carbons (Fsp3) is 0.967. The Morgan fingerprint density at radius 1 is 0.517 bits per heavy atom. The number of hydrogen-bond acceptors (Lipinski definition) is 29. The predicted octanol–water partition coefficient (Wildman–Crippen LogP) is -5.41. The first kappa shape index (κ1) is 71.9. The topological polar surface area (TPSA) is 477 Å². The first-order valence-electron chi connectivity index (χ1n) is 31.6. The van der Waals surface area contributed by atoms with Crippen molar-refractivity contribution >= 4 is 0 Å². The number of allylic oxidation sites excluding steroid dienone is 1. The van der Waals surface area contributed by atoms with Crippen molar-refractivity contribution in [2.24, 2.45) is 45.3 Å². The molecule has 5 heterocycles. The Kier molecular flexibility index (Phi) is 22.3. The molecule has 5 aliphatic heterocycles. The number of hydrogen-bond donors (Lipinski definition) is 19. The minimum atomic E-state index is -1.96. The molecule has 0 aromatic rings. The molecule has 35 atom stereocenters. The van der Waals surface area contributed by atoms with Crippen molar-refractivity contribution in [2.45, 2.75) is 284 Å². The third-order valence-corrected chi connectivity index (χ3v) is 22.9. The van der Waals surface area contributed by atoms with Crippen molar-refractivity contribution in [3.63, 3.8) is 0 Å². The number of rotatable bonds is 20. The first-order chi connectivity index (χ1) is 41.7. The molecule has 9 rings (SSSR count). The Hall–Kier alpha value is -1.42. The van der Waals surface area contributed by atoms with Gasteiger partial charge in [-0.25, -0.2) is 0 Å². The van der Waals surface area contributed by atoms with Gasteiger partial charge in [0.1, 0.15) is 122 Å². The molecule has 3 saturated carbocycles. The summed E-state index contributed by atoms with van der Waals surface area (Å²) < 4.78 is 59.6. The quantitative estimate of drug-likeness (QED) is 0.0506. The lowest BCUT2D eigenvalue weighted by Crippen LogP contribution is -2.66. The summed E-state index contributed by atoms with van der Waals surface area (Å²) in [6.07, 6.45) is -37.9. The highest BCUT2D eigenvalue weighted by molar-refractivity contribution is 5.32. The lowest BCUT2D eigenvalue weighted by Gasteiger charge is -2.67. The molecule has 29 heteroatoms. The van der Waals surface area contributed by atoms with E-state index in [1.165, 1.54) is 13.8 Å². The Balaban J connectivity index is 0.896. The maximum absolute atomic E-state index is 12.9. The highest BCUT2D eigenvalue weighted by Crippen LogP contribution is 2.75. The molecule has 9 aliphatic rings. The molecular weight excluding hydrogens is 1180 g/mol. The Morgan fingerprint density at radius 3 is 1.52 bits per heavy atom. The fourth-order valence-electron chi connectivity index (χ4n) is 17.1. The predicted molar refractivity (Wildman–Crippen MR) is 300 cm³/mol. The highest BCUT2D eigenvalue weighted by atomic mass is 16.8. The molecule has 5 saturated heterocycles. The molecule has 19 N–H and O–H groups in total.